The number of aryl methyl sites for hydroxylation is 3. The van der Waals surface area contributed by atoms with Gasteiger partial charge in [0.1, 0.15) is 11.3 Å². The van der Waals surface area contributed by atoms with Crippen LogP contribution in [0.15, 0.2) is 53.3 Å². The summed E-state index contributed by atoms with van der Waals surface area (Å²) in [6.07, 6.45) is 1.90. The molecule has 0 atom stereocenters. The van der Waals surface area contributed by atoms with Gasteiger partial charge in [0, 0.05) is 34.9 Å². The molecule has 6 nitrogen and oxygen atoms in total. The van der Waals surface area contributed by atoms with Crippen LogP contribution in [0, 0.1) is 20.8 Å². The highest BCUT2D eigenvalue weighted by molar-refractivity contribution is 7.03. The maximum Gasteiger partial charge on any atom is 0.344 e. The van der Waals surface area contributed by atoms with Crippen LogP contribution in [0.2, 0.25) is 0 Å². The Morgan fingerprint density at radius 1 is 0.909 bits per heavy atom. The second-order valence-corrected chi connectivity index (χ2v) is 9.01. The topological polar surface area (TPSA) is 76.5 Å². The number of hydrogen-bond acceptors (Lipinski definition) is 5. The van der Waals surface area contributed by atoms with E-state index in [1.54, 1.807) is 0 Å². The summed E-state index contributed by atoms with van der Waals surface area (Å²) in [5, 5.41) is 0. The van der Waals surface area contributed by atoms with Gasteiger partial charge < -0.3 is 0 Å². The molecule has 0 unspecified atom stereocenters. The average Bonchev–Trinajstić information content (AvgIpc) is 3.41. The van der Waals surface area contributed by atoms with Crippen molar-refractivity contribution in [2.24, 2.45) is 0 Å². The number of fused-ring (bicyclic) bond motifs is 1. The van der Waals surface area contributed by atoms with Crippen LogP contribution in [-0.2, 0) is 6.42 Å². The smallest absolute Gasteiger partial charge is 0.290 e. The van der Waals surface area contributed by atoms with E-state index in [4.69, 9.17) is 9.97 Å². The van der Waals surface area contributed by atoms with Gasteiger partial charge in [0.05, 0.1) is 0 Å². The van der Waals surface area contributed by atoms with Gasteiger partial charge in [0.2, 0.25) is 0 Å². The lowest BCUT2D eigenvalue weighted by Gasteiger charge is -2.12. The number of H-pyrrole nitrogens is 1. The molecule has 5 aromatic rings. The number of rotatable bonds is 5. The molecule has 166 valence electrons. The average molecular weight is 456 g/mol. The lowest BCUT2D eigenvalue weighted by atomic mass is 9.99. The van der Waals surface area contributed by atoms with Gasteiger partial charge in [-0.2, -0.15) is 4.98 Å². The Morgan fingerprint density at radius 3 is 2.30 bits per heavy atom. The monoisotopic (exact) mass is 455 g/mol. The summed E-state index contributed by atoms with van der Waals surface area (Å²) in [7, 11) is 0. The number of aromatic amines is 1. The number of hydrogen-bond donors (Lipinski definition) is 1. The van der Waals surface area contributed by atoms with Gasteiger partial charge >= 0.3 is 4.87 Å². The van der Waals surface area contributed by atoms with E-state index in [0.29, 0.717) is 5.82 Å². The van der Waals surface area contributed by atoms with Crippen molar-refractivity contribution in [1.29, 1.82) is 0 Å². The molecule has 7 heteroatoms. The number of pyridine rings is 1. The van der Waals surface area contributed by atoms with E-state index in [9.17, 15) is 4.79 Å². The van der Waals surface area contributed by atoms with Crippen molar-refractivity contribution in [3.8, 4) is 28.2 Å². The van der Waals surface area contributed by atoms with Gasteiger partial charge in [-0.25, -0.2) is 9.97 Å². The summed E-state index contributed by atoms with van der Waals surface area (Å²) < 4.78 is 5.21. The Labute approximate surface area is 196 Å². The summed E-state index contributed by atoms with van der Waals surface area (Å²) >= 11 is 1.01. The van der Waals surface area contributed by atoms with Crippen LogP contribution < -0.4 is 4.87 Å². The van der Waals surface area contributed by atoms with Crippen molar-refractivity contribution in [2.75, 3.05) is 0 Å². The molecule has 2 aromatic carbocycles. The minimum Gasteiger partial charge on any atom is -0.290 e. The maximum atomic E-state index is 11.6. The molecule has 0 fully saturated rings. The van der Waals surface area contributed by atoms with Crippen LogP contribution in [-0.4, -0.2) is 23.9 Å². The third kappa shape index (κ3) is 3.68. The van der Waals surface area contributed by atoms with Crippen LogP contribution in [0.3, 0.4) is 0 Å². The predicted molar refractivity (Wildman–Crippen MR) is 134 cm³/mol. The van der Waals surface area contributed by atoms with Crippen molar-refractivity contribution in [3.63, 3.8) is 0 Å². The third-order valence-electron chi connectivity index (χ3n) is 6.19. The van der Waals surface area contributed by atoms with E-state index in [1.807, 2.05) is 24.3 Å². The molecule has 0 amide bonds. The van der Waals surface area contributed by atoms with Gasteiger partial charge in [0.25, 0.3) is 0 Å². The lowest BCUT2D eigenvalue weighted by molar-refractivity contribution is 0.815. The number of nitrogens with one attached hydrogen (secondary N) is 1. The van der Waals surface area contributed by atoms with Gasteiger partial charge in [-0.1, -0.05) is 43.3 Å². The first-order valence-corrected chi connectivity index (χ1v) is 11.9. The molecule has 1 N–H and O–H groups in total. The van der Waals surface area contributed by atoms with Crippen LogP contribution in [0.1, 0.15) is 36.0 Å². The summed E-state index contributed by atoms with van der Waals surface area (Å²) in [6.45, 7) is 8.46. The SMILES string of the molecule is CCCc1nc2c(C)c(C)c(C)nc2n1-c1ccc(-c2ccccc2-c2nc(=O)s[nH]2)cc1. The highest BCUT2D eigenvalue weighted by Crippen LogP contribution is 2.32. The third-order valence-corrected chi connectivity index (χ3v) is 6.75. The molecule has 3 heterocycles. The van der Waals surface area contributed by atoms with Gasteiger partial charge in [-0.3, -0.25) is 13.7 Å². The number of nitrogens with zero attached hydrogens (tertiary/aromatic N) is 4. The molecule has 0 saturated carbocycles. The van der Waals surface area contributed by atoms with Crippen molar-refractivity contribution in [1.82, 2.24) is 23.9 Å². The van der Waals surface area contributed by atoms with E-state index in [1.165, 1.54) is 11.1 Å². The van der Waals surface area contributed by atoms with E-state index >= 15 is 0 Å². The van der Waals surface area contributed by atoms with E-state index < -0.39 is 0 Å². The molecule has 5 rings (SSSR count). The second kappa shape index (κ2) is 8.41. The molecular formula is C26H25N5OS. The second-order valence-electron chi connectivity index (χ2n) is 8.26. The molecule has 0 aliphatic heterocycles. The fraction of sp³-hybridized carbons (Fsp3) is 0.231. The van der Waals surface area contributed by atoms with Gasteiger partial charge in [-0.05, 0) is 61.6 Å². The van der Waals surface area contributed by atoms with Crippen LogP contribution in [0.25, 0.3) is 39.4 Å². The van der Waals surface area contributed by atoms with Crippen molar-refractivity contribution < 1.29 is 0 Å². The lowest BCUT2D eigenvalue weighted by Crippen LogP contribution is -2.03. The number of aromatic nitrogens is 5. The van der Waals surface area contributed by atoms with Crippen LogP contribution in [0.4, 0.5) is 0 Å². The molecule has 33 heavy (non-hydrogen) atoms. The molecule has 0 aliphatic carbocycles. The molecule has 0 spiro atoms. The van der Waals surface area contributed by atoms with Gasteiger partial charge in [-0.15, -0.1) is 0 Å². The number of imidazole rings is 1. The Morgan fingerprint density at radius 2 is 1.64 bits per heavy atom. The molecular weight excluding hydrogens is 430 g/mol. The first-order valence-electron chi connectivity index (χ1n) is 11.1. The minimum absolute atomic E-state index is 0.223. The summed E-state index contributed by atoms with van der Waals surface area (Å²) in [5.74, 6) is 1.63. The zero-order chi connectivity index (χ0) is 23.1. The zero-order valence-electron chi connectivity index (χ0n) is 19.1. The summed E-state index contributed by atoms with van der Waals surface area (Å²) in [6, 6.07) is 16.4. The summed E-state index contributed by atoms with van der Waals surface area (Å²) in [5.41, 5.74) is 9.34. The maximum absolute atomic E-state index is 11.6. The van der Waals surface area contributed by atoms with E-state index in [2.05, 4.69) is 65.9 Å². The quantitative estimate of drug-likeness (QED) is 0.365. The Balaban J connectivity index is 1.63. The Kier molecular flexibility index (Phi) is 5.42. The largest absolute Gasteiger partial charge is 0.344 e. The summed E-state index contributed by atoms with van der Waals surface area (Å²) in [4.78, 5) is 25.4. The molecule has 3 aromatic heterocycles. The first-order chi connectivity index (χ1) is 16.0. The van der Waals surface area contributed by atoms with Crippen LogP contribution in [0.5, 0.6) is 0 Å². The van der Waals surface area contributed by atoms with Crippen LogP contribution >= 0.6 is 11.5 Å². The first kappa shape index (κ1) is 21.3. The molecule has 0 radical (unpaired) electrons. The predicted octanol–water partition coefficient (Wildman–Crippen LogP) is 5.78. The molecule has 0 bridgehead atoms. The number of benzene rings is 2. The van der Waals surface area contributed by atoms with E-state index in [0.717, 1.165) is 69.4 Å². The fourth-order valence-electron chi connectivity index (χ4n) is 4.24. The highest BCUT2D eigenvalue weighted by atomic mass is 32.1. The molecule has 0 saturated heterocycles. The van der Waals surface area contributed by atoms with Crippen molar-refractivity contribution in [2.45, 2.75) is 40.5 Å². The zero-order valence-corrected chi connectivity index (χ0v) is 20.0. The Hall–Kier alpha value is -3.58. The van der Waals surface area contributed by atoms with Gasteiger partial charge in [0.15, 0.2) is 11.5 Å². The molecule has 0 aliphatic rings. The normalized spacial score (nSPS) is 11.4. The standard InChI is InChI=1S/C26H25N5OS/c1-5-8-22-28-23-16(3)15(2)17(4)27-25(23)31(22)19-13-11-18(12-14-19)20-9-6-7-10-21(20)24-29-26(32)33-30-24/h6-7,9-14H,5,8H2,1-4H3,(H,29,30,32). The van der Waals surface area contributed by atoms with E-state index in [-0.39, 0.29) is 4.87 Å². The van der Waals surface area contributed by atoms with Crippen molar-refractivity contribution >= 4 is 22.7 Å². The van der Waals surface area contributed by atoms with Crippen molar-refractivity contribution in [3.05, 3.63) is 80.8 Å². The highest BCUT2D eigenvalue weighted by Gasteiger charge is 2.18. The fourth-order valence-corrected chi connectivity index (χ4v) is 4.72. The Bertz CT molecular complexity index is 1530. The minimum atomic E-state index is -0.223.